The molecule has 0 saturated carbocycles. The Morgan fingerprint density at radius 2 is 1.69 bits per heavy atom. The van der Waals surface area contributed by atoms with Crippen LogP contribution in [0, 0.1) is 5.92 Å². The SMILES string of the molecule is CC(C)C(S)C(=O)NCCNC(=O)N(C)C. The van der Waals surface area contributed by atoms with E-state index >= 15 is 0 Å². The summed E-state index contributed by atoms with van der Waals surface area (Å²) in [5.74, 6) is 0.0946. The van der Waals surface area contributed by atoms with Crippen molar-refractivity contribution >= 4 is 24.6 Å². The van der Waals surface area contributed by atoms with Crippen LogP contribution >= 0.6 is 12.6 Å². The molecule has 0 heterocycles. The minimum Gasteiger partial charge on any atom is -0.353 e. The second-order valence-corrected chi connectivity index (χ2v) is 4.66. The summed E-state index contributed by atoms with van der Waals surface area (Å²) in [6, 6.07) is -0.166. The number of carbonyl (C=O) groups is 2. The summed E-state index contributed by atoms with van der Waals surface area (Å²) in [4.78, 5) is 24.0. The average molecular weight is 247 g/mol. The Balaban J connectivity index is 3.67. The van der Waals surface area contributed by atoms with Gasteiger partial charge < -0.3 is 15.5 Å². The molecule has 1 unspecified atom stereocenters. The van der Waals surface area contributed by atoms with Crippen molar-refractivity contribution in [2.75, 3.05) is 27.2 Å². The van der Waals surface area contributed by atoms with Gasteiger partial charge in [0.1, 0.15) is 0 Å². The summed E-state index contributed by atoms with van der Waals surface area (Å²) in [6.07, 6.45) is 0. The maximum Gasteiger partial charge on any atom is 0.316 e. The van der Waals surface area contributed by atoms with E-state index in [1.807, 2.05) is 13.8 Å². The average Bonchev–Trinajstić information content (AvgIpc) is 2.22. The predicted octanol–water partition coefficient (Wildman–Crippen LogP) is 0.328. The molecular formula is C10H21N3O2S. The van der Waals surface area contributed by atoms with Crippen LogP contribution in [0.3, 0.4) is 0 Å². The van der Waals surface area contributed by atoms with Crippen LogP contribution < -0.4 is 10.6 Å². The first kappa shape index (κ1) is 15.1. The fourth-order valence-corrected chi connectivity index (χ4v) is 1.01. The van der Waals surface area contributed by atoms with Gasteiger partial charge in [-0.1, -0.05) is 13.8 Å². The standard InChI is InChI=1S/C10H21N3O2S/c1-7(2)8(16)9(14)11-5-6-12-10(15)13(3)4/h7-8,16H,5-6H2,1-4H3,(H,11,14)(H,12,15). The highest BCUT2D eigenvalue weighted by Crippen LogP contribution is 2.07. The van der Waals surface area contributed by atoms with Crippen molar-refractivity contribution in [2.24, 2.45) is 5.92 Å². The first-order valence-electron chi connectivity index (χ1n) is 5.27. The fourth-order valence-electron chi connectivity index (χ4n) is 0.921. The van der Waals surface area contributed by atoms with E-state index in [1.165, 1.54) is 4.90 Å². The van der Waals surface area contributed by atoms with E-state index < -0.39 is 0 Å². The number of nitrogens with zero attached hydrogens (tertiary/aromatic N) is 1. The molecule has 0 radical (unpaired) electrons. The Hall–Kier alpha value is -0.910. The Labute approximate surface area is 102 Å². The smallest absolute Gasteiger partial charge is 0.316 e. The number of hydrogen-bond donors (Lipinski definition) is 3. The van der Waals surface area contributed by atoms with E-state index in [0.29, 0.717) is 13.1 Å². The van der Waals surface area contributed by atoms with Gasteiger partial charge in [-0.3, -0.25) is 4.79 Å². The zero-order valence-corrected chi connectivity index (χ0v) is 11.2. The Bertz CT molecular complexity index is 244. The highest BCUT2D eigenvalue weighted by Gasteiger charge is 2.16. The molecule has 0 spiro atoms. The summed E-state index contributed by atoms with van der Waals surface area (Å²) < 4.78 is 0. The Morgan fingerprint density at radius 3 is 2.12 bits per heavy atom. The molecule has 0 rings (SSSR count). The summed E-state index contributed by atoms with van der Waals surface area (Å²) in [5, 5.41) is 5.06. The molecule has 0 aliphatic heterocycles. The van der Waals surface area contributed by atoms with E-state index in [9.17, 15) is 9.59 Å². The predicted molar refractivity (Wildman–Crippen MR) is 67.7 cm³/mol. The summed E-state index contributed by atoms with van der Waals surface area (Å²) in [7, 11) is 3.33. The third-order valence-corrected chi connectivity index (χ3v) is 2.84. The molecule has 94 valence electrons. The van der Waals surface area contributed by atoms with Crippen LogP contribution in [0.5, 0.6) is 0 Å². The second kappa shape index (κ2) is 7.38. The van der Waals surface area contributed by atoms with Crippen molar-refractivity contribution in [3.63, 3.8) is 0 Å². The van der Waals surface area contributed by atoms with Crippen LogP contribution in [0.15, 0.2) is 0 Å². The molecule has 0 aliphatic rings. The zero-order chi connectivity index (χ0) is 12.7. The van der Waals surface area contributed by atoms with Crippen LogP contribution in [0.2, 0.25) is 0 Å². The van der Waals surface area contributed by atoms with Crippen molar-refractivity contribution in [1.29, 1.82) is 0 Å². The van der Waals surface area contributed by atoms with Gasteiger partial charge in [0.25, 0.3) is 0 Å². The summed E-state index contributed by atoms with van der Waals surface area (Å²) in [6.45, 7) is 4.71. The van der Waals surface area contributed by atoms with Crippen molar-refractivity contribution in [3.05, 3.63) is 0 Å². The number of amides is 3. The molecule has 6 heteroatoms. The molecule has 0 fully saturated rings. The summed E-state index contributed by atoms with van der Waals surface area (Å²) >= 11 is 4.19. The van der Waals surface area contributed by atoms with Crippen molar-refractivity contribution in [1.82, 2.24) is 15.5 Å². The number of nitrogens with one attached hydrogen (secondary N) is 2. The molecule has 16 heavy (non-hydrogen) atoms. The van der Waals surface area contributed by atoms with E-state index in [-0.39, 0.29) is 23.1 Å². The summed E-state index contributed by atoms with van der Waals surface area (Å²) in [5.41, 5.74) is 0. The van der Waals surface area contributed by atoms with Gasteiger partial charge in [-0.2, -0.15) is 12.6 Å². The van der Waals surface area contributed by atoms with Crippen molar-refractivity contribution in [3.8, 4) is 0 Å². The molecule has 0 aromatic carbocycles. The van der Waals surface area contributed by atoms with Crippen LogP contribution in [0.4, 0.5) is 4.79 Å². The third kappa shape index (κ3) is 5.85. The molecule has 0 aromatic heterocycles. The van der Waals surface area contributed by atoms with Crippen LogP contribution in [0.1, 0.15) is 13.8 Å². The van der Waals surface area contributed by atoms with Crippen molar-refractivity contribution < 1.29 is 9.59 Å². The molecule has 0 aliphatic carbocycles. The number of carbonyl (C=O) groups excluding carboxylic acids is 2. The van der Waals surface area contributed by atoms with Gasteiger partial charge in [0.2, 0.25) is 5.91 Å². The van der Waals surface area contributed by atoms with Gasteiger partial charge >= 0.3 is 6.03 Å². The molecular weight excluding hydrogens is 226 g/mol. The topological polar surface area (TPSA) is 61.4 Å². The lowest BCUT2D eigenvalue weighted by Gasteiger charge is -2.15. The third-order valence-electron chi connectivity index (χ3n) is 2.01. The maximum atomic E-state index is 11.5. The van der Waals surface area contributed by atoms with Gasteiger partial charge in [-0.05, 0) is 5.92 Å². The molecule has 5 nitrogen and oxygen atoms in total. The minimum atomic E-state index is -0.301. The number of thiol groups is 1. The van der Waals surface area contributed by atoms with Gasteiger partial charge in [0.05, 0.1) is 5.25 Å². The quantitative estimate of drug-likeness (QED) is 0.484. The highest BCUT2D eigenvalue weighted by molar-refractivity contribution is 7.81. The lowest BCUT2D eigenvalue weighted by molar-refractivity contribution is -0.121. The Morgan fingerprint density at radius 1 is 1.19 bits per heavy atom. The monoisotopic (exact) mass is 247 g/mol. The molecule has 0 saturated heterocycles. The number of urea groups is 1. The zero-order valence-electron chi connectivity index (χ0n) is 10.3. The number of hydrogen-bond acceptors (Lipinski definition) is 3. The number of rotatable bonds is 5. The maximum absolute atomic E-state index is 11.5. The first-order valence-corrected chi connectivity index (χ1v) is 5.78. The van der Waals surface area contributed by atoms with Gasteiger partial charge in [-0.15, -0.1) is 0 Å². The molecule has 1 atom stereocenters. The fraction of sp³-hybridized carbons (Fsp3) is 0.800. The molecule has 0 bridgehead atoms. The van der Waals surface area contributed by atoms with Crippen molar-refractivity contribution in [2.45, 2.75) is 19.1 Å². The van der Waals surface area contributed by atoms with Crippen LogP contribution in [-0.2, 0) is 4.79 Å². The molecule has 3 amide bonds. The first-order chi connectivity index (χ1) is 7.36. The van der Waals surface area contributed by atoms with Gasteiger partial charge in [0.15, 0.2) is 0 Å². The van der Waals surface area contributed by atoms with Crippen LogP contribution in [0.25, 0.3) is 0 Å². The highest BCUT2D eigenvalue weighted by atomic mass is 32.1. The molecule has 0 aromatic rings. The second-order valence-electron chi connectivity index (χ2n) is 4.11. The van der Waals surface area contributed by atoms with E-state index in [4.69, 9.17) is 0 Å². The lowest BCUT2D eigenvalue weighted by Crippen LogP contribution is -2.42. The van der Waals surface area contributed by atoms with Gasteiger partial charge in [0, 0.05) is 27.2 Å². The van der Waals surface area contributed by atoms with E-state index in [2.05, 4.69) is 23.3 Å². The molecule has 2 N–H and O–H groups in total. The van der Waals surface area contributed by atoms with Gasteiger partial charge in [-0.25, -0.2) is 4.79 Å². The van der Waals surface area contributed by atoms with E-state index in [0.717, 1.165) is 0 Å². The normalized spacial score (nSPS) is 12.1. The Kier molecular flexibility index (Phi) is 6.96. The largest absolute Gasteiger partial charge is 0.353 e. The minimum absolute atomic E-state index is 0.0996. The van der Waals surface area contributed by atoms with Crippen LogP contribution in [-0.4, -0.2) is 49.3 Å². The lowest BCUT2D eigenvalue weighted by atomic mass is 10.1. The van der Waals surface area contributed by atoms with E-state index in [1.54, 1.807) is 14.1 Å².